The van der Waals surface area contributed by atoms with Crippen LogP contribution in [0.1, 0.15) is 189 Å². The molecule has 0 aromatic carbocycles. The molecule has 4 aliphatic carbocycles. The molecule has 0 aromatic heterocycles. The zero-order valence-corrected chi connectivity index (χ0v) is 32.5. The number of nitrogens with two attached hydrogens (primary N) is 1. The number of unbranched alkanes of at least 4 members (excludes halogenated alkanes) is 11. The zero-order chi connectivity index (χ0) is 33.7. The van der Waals surface area contributed by atoms with Crippen LogP contribution in [-0.4, -0.2) is 32.0 Å². The first-order valence-corrected chi connectivity index (χ1v) is 21.4. The number of hydrogen-bond donors (Lipinski definition) is 1. The number of ether oxygens (including phenoxy) is 2. The third-order valence-corrected chi connectivity index (χ3v) is 14.4. The van der Waals surface area contributed by atoms with Gasteiger partial charge in [-0.3, -0.25) is 0 Å². The van der Waals surface area contributed by atoms with Gasteiger partial charge in [0.15, 0.2) is 0 Å². The molecule has 3 nitrogen and oxygen atoms in total. The van der Waals surface area contributed by atoms with Crippen molar-refractivity contribution >= 4 is 0 Å². The van der Waals surface area contributed by atoms with Crippen LogP contribution in [0.15, 0.2) is 11.6 Å². The Hall–Kier alpha value is -0.380. The monoisotopic (exact) mass is 656 g/mol. The summed E-state index contributed by atoms with van der Waals surface area (Å²) in [5, 5.41) is 0. The largest absolute Gasteiger partial charge is 0.379 e. The fourth-order valence-corrected chi connectivity index (χ4v) is 11.5. The minimum Gasteiger partial charge on any atom is -0.379 e. The standard InChI is InChI=1S/C44H81NO2/c1-7-8-9-10-11-12-13-14-15-16-17-18-30-46-33-38(32-45)47-37-26-28-43(5)36(31-37)22-23-39-41-25-24-40(35(4)21-19-20-34(2)3)44(41,6)29-27-42(39)43/h22,34-35,37-42H,7-21,23-33,45H2,1-6H3/t35-,37?,38?,39?,40-,41?,42?,43+,44-/m1/s1. The third kappa shape index (κ3) is 10.8. The number of hydrogen-bond acceptors (Lipinski definition) is 3. The Bertz CT molecular complexity index is 899. The maximum atomic E-state index is 6.67. The second-order valence-corrected chi connectivity index (χ2v) is 18.1. The Labute approximate surface area is 293 Å². The van der Waals surface area contributed by atoms with Crippen LogP contribution in [-0.2, 0) is 9.47 Å². The van der Waals surface area contributed by atoms with Crippen LogP contribution in [0.2, 0.25) is 0 Å². The highest BCUT2D eigenvalue weighted by atomic mass is 16.5. The quantitative estimate of drug-likeness (QED) is 0.0880. The van der Waals surface area contributed by atoms with E-state index in [1.54, 1.807) is 5.57 Å². The molecular formula is C44H81NO2. The maximum Gasteiger partial charge on any atom is 0.0934 e. The van der Waals surface area contributed by atoms with E-state index >= 15 is 0 Å². The Kier molecular flexibility index (Phi) is 16.7. The van der Waals surface area contributed by atoms with Crippen molar-refractivity contribution in [1.82, 2.24) is 0 Å². The molecule has 3 fully saturated rings. The Morgan fingerprint density at radius 3 is 2.13 bits per heavy atom. The molecular weight excluding hydrogens is 574 g/mol. The molecule has 0 heterocycles. The van der Waals surface area contributed by atoms with E-state index in [-0.39, 0.29) is 6.10 Å². The topological polar surface area (TPSA) is 44.5 Å². The van der Waals surface area contributed by atoms with Crippen molar-refractivity contribution in [1.29, 1.82) is 0 Å². The summed E-state index contributed by atoms with van der Waals surface area (Å²) in [7, 11) is 0. The molecule has 0 radical (unpaired) electrons. The van der Waals surface area contributed by atoms with Crippen molar-refractivity contribution in [2.75, 3.05) is 19.8 Å². The minimum absolute atomic E-state index is 0.0342. The lowest BCUT2D eigenvalue weighted by Crippen LogP contribution is -2.51. The first kappa shape index (κ1) is 39.4. The molecule has 0 aromatic rings. The van der Waals surface area contributed by atoms with Crippen molar-refractivity contribution in [2.45, 2.75) is 201 Å². The van der Waals surface area contributed by atoms with E-state index in [9.17, 15) is 0 Å². The summed E-state index contributed by atoms with van der Waals surface area (Å²) in [6.45, 7) is 17.1. The lowest BCUT2D eigenvalue weighted by atomic mass is 9.47. The van der Waals surface area contributed by atoms with Crippen LogP contribution in [0.5, 0.6) is 0 Å². The summed E-state index contributed by atoms with van der Waals surface area (Å²) in [4.78, 5) is 0. The molecule has 3 saturated carbocycles. The number of allylic oxidation sites excluding steroid dienone is 1. The van der Waals surface area contributed by atoms with Gasteiger partial charge in [-0.1, -0.05) is 143 Å². The molecule has 0 bridgehead atoms. The number of fused-ring (bicyclic) bond motifs is 5. The van der Waals surface area contributed by atoms with Gasteiger partial charge in [0.2, 0.25) is 0 Å². The van der Waals surface area contributed by atoms with Gasteiger partial charge in [0.25, 0.3) is 0 Å². The molecule has 3 heteroatoms. The summed E-state index contributed by atoms with van der Waals surface area (Å²) in [5.74, 6) is 5.39. The van der Waals surface area contributed by atoms with Crippen molar-refractivity contribution < 1.29 is 9.47 Å². The smallest absolute Gasteiger partial charge is 0.0934 e. The van der Waals surface area contributed by atoms with Gasteiger partial charge in [-0.05, 0) is 104 Å². The predicted molar refractivity (Wildman–Crippen MR) is 203 cm³/mol. The van der Waals surface area contributed by atoms with E-state index in [1.165, 1.54) is 141 Å². The normalized spacial score (nSPS) is 33.3. The molecule has 2 N–H and O–H groups in total. The van der Waals surface area contributed by atoms with E-state index in [2.05, 4.69) is 47.6 Å². The first-order valence-electron chi connectivity index (χ1n) is 21.4. The van der Waals surface area contributed by atoms with E-state index < -0.39 is 0 Å². The summed E-state index contributed by atoms with van der Waals surface area (Å²) in [5.41, 5.74) is 8.88. The summed E-state index contributed by atoms with van der Waals surface area (Å²) in [6, 6.07) is 0. The average molecular weight is 656 g/mol. The fourth-order valence-electron chi connectivity index (χ4n) is 11.5. The van der Waals surface area contributed by atoms with Gasteiger partial charge in [0, 0.05) is 13.2 Å². The summed E-state index contributed by atoms with van der Waals surface area (Å²) in [6.07, 6.45) is 34.7. The van der Waals surface area contributed by atoms with E-state index in [1.807, 2.05) is 0 Å². The van der Waals surface area contributed by atoms with E-state index in [4.69, 9.17) is 15.2 Å². The molecule has 0 aliphatic heterocycles. The fraction of sp³-hybridized carbons (Fsp3) is 0.955. The van der Waals surface area contributed by atoms with Crippen molar-refractivity contribution in [3.8, 4) is 0 Å². The molecule has 47 heavy (non-hydrogen) atoms. The van der Waals surface area contributed by atoms with Gasteiger partial charge in [0.1, 0.15) is 0 Å². The van der Waals surface area contributed by atoms with Gasteiger partial charge in [-0.2, -0.15) is 0 Å². The van der Waals surface area contributed by atoms with Gasteiger partial charge >= 0.3 is 0 Å². The molecule has 5 unspecified atom stereocenters. The van der Waals surface area contributed by atoms with Gasteiger partial charge in [-0.15, -0.1) is 0 Å². The van der Waals surface area contributed by atoms with Crippen molar-refractivity contribution in [2.24, 2.45) is 52.1 Å². The average Bonchev–Trinajstić information content (AvgIpc) is 3.41. The van der Waals surface area contributed by atoms with Crippen LogP contribution in [0.25, 0.3) is 0 Å². The van der Waals surface area contributed by atoms with Crippen molar-refractivity contribution in [3.63, 3.8) is 0 Å². The second kappa shape index (κ2) is 19.9. The Morgan fingerprint density at radius 1 is 0.787 bits per heavy atom. The lowest BCUT2D eigenvalue weighted by Gasteiger charge is -2.58. The summed E-state index contributed by atoms with van der Waals surface area (Å²) < 4.78 is 12.8. The predicted octanol–water partition coefficient (Wildman–Crippen LogP) is 12.5. The second-order valence-electron chi connectivity index (χ2n) is 18.1. The molecule has 0 spiro atoms. The molecule has 4 aliphatic rings. The summed E-state index contributed by atoms with van der Waals surface area (Å²) >= 11 is 0. The SMILES string of the molecule is CCCCCCCCCCCCCCOCC(CN)OC1CC[C@@]2(C)C(=CCC3C2CC[C@@]2(C)C3CC[C@@H]2[C@H](C)CCCC(C)C)C1. The van der Waals surface area contributed by atoms with Crippen LogP contribution < -0.4 is 5.73 Å². The highest BCUT2D eigenvalue weighted by Gasteiger charge is 2.59. The zero-order valence-electron chi connectivity index (χ0n) is 32.5. The lowest BCUT2D eigenvalue weighted by molar-refractivity contribution is -0.0876. The Balaban J connectivity index is 1.15. The van der Waals surface area contributed by atoms with E-state index in [0.29, 0.717) is 30.1 Å². The van der Waals surface area contributed by atoms with Crippen LogP contribution in [0, 0.1) is 46.3 Å². The molecule has 0 amide bonds. The van der Waals surface area contributed by atoms with Crippen LogP contribution in [0.3, 0.4) is 0 Å². The molecule has 0 saturated heterocycles. The Morgan fingerprint density at radius 2 is 1.47 bits per heavy atom. The van der Waals surface area contributed by atoms with Gasteiger partial charge < -0.3 is 15.2 Å². The minimum atomic E-state index is 0.0342. The highest BCUT2D eigenvalue weighted by molar-refractivity contribution is 5.25. The van der Waals surface area contributed by atoms with E-state index in [0.717, 1.165) is 48.5 Å². The third-order valence-electron chi connectivity index (χ3n) is 14.4. The first-order chi connectivity index (χ1) is 22.7. The molecule has 274 valence electrons. The van der Waals surface area contributed by atoms with Crippen LogP contribution >= 0.6 is 0 Å². The van der Waals surface area contributed by atoms with Gasteiger partial charge in [0.05, 0.1) is 18.8 Å². The maximum absolute atomic E-state index is 6.67. The van der Waals surface area contributed by atoms with Crippen LogP contribution in [0.4, 0.5) is 0 Å². The molecule has 4 rings (SSSR count). The van der Waals surface area contributed by atoms with Crippen molar-refractivity contribution in [3.05, 3.63) is 11.6 Å². The van der Waals surface area contributed by atoms with Gasteiger partial charge in [-0.25, -0.2) is 0 Å². The number of rotatable bonds is 23. The molecule has 9 atom stereocenters. The highest BCUT2D eigenvalue weighted by Crippen LogP contribution is 2.67.